The third-order valence-electron chi connectivity index (χ3n) is 3.93. The number of benzene rings is 1. The second kappa shape index (κ2) is 8.77. The molecule has 1 aromatic rings. The van der Waals surface area contributed by atoms with Gasteiger partial charge in [0.25, 0.3) is 0 Å². The number of carbonyl (C=O) groups excluding carboxylic acids is 2. The molecule has 2 bridgehead atoms. The molecule has 3 fully saturated rings. The summed E-state index contributed by atoms with van der Waals surface area (Å²) in [6.45, 7) is 3.59. The summed E-state index contributed by atoms with van der Waals surface area (Å²) >= 11 is -2.47. The van der Waals surface area contributed by atoms with Gasteiger partial charge in [-0.25, -0.2) is 0 Å². The zero-order chi connectivity index (χ0) is 17.6. The Morgan fingerprint density at radius 2 is 1.80 bits per heavy atom. The third-order valence-corrected chi connectivity index (χ3v) is 6.88. The van der Waals surface area contributed by atoms with E-state index in [-0.39, 0.29) is 23.8 Å². The number of hydrogen-bond donors (Lipinski definition) is 0. The van der Waals surface area contributed by atoms with Crippen LogP contribution in [-0.2, 0) is 20.8 Å². The normalized spacial score (nSPS) is 24.0. The predicted octanol–water partition coefficient (Wildman–Crippen LogP) is 0.362. The molecule has 1 atom stereocenters. The Morgan fingerprint density at radius 1 is 1.16 bits per heavy atom. The van der Waals surface area contributed by atoms with Gasteiger partial charge in [0.1, 0.15) is 0 Å². The van der Waals surface area contributed by atoms with Gasteiger partial charge >= 0.3 is 151 Å². The van der Waals surface area contributed by atoms with Gasteiger partial charge in [-0.1, -0.05) is 0 Å². The number of esters is 2. The van der Waals surface area contributed by atoms with Crippen LogP contribution in [0.4, 0.5) is 0 Å². The van der Waals surface area contributed by atoms with Gasteiger partial charge in [-0.3, -0.25) is 0 Å². The molecule has 135 valence electrons. The first-order chi connectivity index (χ1) is 12.2. The molecule has 0 saturated carbocycles. The number of carbonyl (C=O) groups is 2. The summed E-state index contributed by atoms with van der Waals surface area (Å²) in [5.74, 6) is -1.16. The second-order valence-corrected chi connectivity index (χ2v) is 8.38. The summed E-state index contributed by atoms with van der Waals surface area (Å²) in [6.07, 6.45) is -0.301. The third kappa shape index (κ3) is 4.79. The first kappa shape index (κ1) is 18.3. The van der Waals surface area contributed by atoms with E-state index in [1.807, 2.05) is 0 Å². The molecule has 25 heavy (non-hydrogen) atoms. The van der Waals surface area contributed by atoms with E-state index in [9.17, 15) is 9.59 Å². The Kier molecular flexibility index (Phi) is 6.43. The van der Waals surface area contributed by atoms with Gasteiger partial charge in [-0.2, -0.15) is 0 Å². The van der Waals surface area contributed by atoms with Gasteiger partial charge in [-0.05, 0) is 0 Å². The summed E-state index contributed by atoms with van der Waals surface area (Å²) in [5.41, 5.74) is 0.352. The van der Waals surface area contributed by atoms with Gasteiger partial charge in [0.05, 0.1) is 0 Å². The molecular weight excluding hydrogens is 391 g/mol. The van der Waals surface area contributed by atoms with E-state index in [1.165, 1.54) is 19.2 Å². The van der Waals surface area contributed by atoms with Crippen LogP contribution in [0.2, 0.25) is 0 Å². The minimum absolute atomic E-state index is 0.0774. The zero-order valence-electron chi connectivity index (χ0n) is 13.9. The first-order valence-electron chi connectivity index (χ1n) is 8.03. The molecule has 9 heteroatoms. The van der Waals surface area contributed by atoms with Crippen molar-refractivity contribution in [2.24, 2.45) is 0 Å². The Balaban J connectivity index is 1.63. The Labute approximate surface area is 151 Å². The maximum absolute atomic E-state index is 12.4. The summed E-state index contributed by atoms with van der Waals surface area (Å²) in [5, 5.41) is 0. The van der Waals surface area contributed by atoms with Crippen molar-refractivity contribution < 1.29 is 30.4 Å². The standard InChI is InChI=1S/C16H20GeNO7/c1-21-15(19)13-4-2-3-5-14(13)16(20)22-11-12-10-18-6-8-23-17(25-12)24-9-7-18/h2-5,12H,6-11H2,1H3. The molecule has 4 rings (SSSR count). The second-order valence-electron chi connectivity index (χ2n) is 5.62. The van der Waals surface area contributed by atoms with Crippen molar-refractivity contribution >= 4 is 27.3 Å². The Morgan fingerprint density at radius 3 is 2.44 bits per heavy atom. The number of nitrogens with zero attached hydrogens (tertiary/aromatic N) is 1. The average Bonchev–Trinajstić information content (AvgIpc) is 2.58. The summed E-state index contributed by atoms with van der Waals surface area (Å²) < 4.78 is 27.2. The Bertz CT molecular complexity index is 602. The van der Waals surface area contributed by atoms with Crippen molar-refractivity contribution in [1.29, 1.82) is 0 Å². The topological polar surface area (TPSA) is 83.5 Å². The molecule has 3 aliphatic heterocycles. The zero-order valence-corrected chi connectivity index (χ0v) is 16.0. The van der Waals surface area contributed by atoms with Crippen LogP contribution in [0.1, 0.15) is 20.7 Å². The quantitative estimate of drug-likeness (QED) is 0.519. The van der Waals surface area contributed by atoms with Crippen LogP contribution in [0.25, 0.3) is 0 Å². The molecule has 3 saturated heterocycles. The van der Waals surface area contributed by atoms with Gasteiger partial charge < -0.3 is 0 Å². The first-order valence-corrected chi connectivity index (χ1v) is 10.6. The number of fused-ring (bicyclic) bond motifs is 6. The van der Waals surface area contributed by atoms with E-state index in [0.717, 1.165) is 13.1 Å². The fourth-order valence-electron chi connectivity index (χ4n) is 2.66. The van der Waals surface area contributed by atoms with E-state index in [4.69, 9.17) is 20.8 Å². The average molecular weight is 411 g/mol. The molecule has 0 amide bonds. The number of rotatable bonds is 4. The van der Waals surface area contributed by atoms with E-state index in [0.29, 0.717) is 19.8 Å². The molecule has 1 radical (unpaired) electrons. The van der Waals surface area contributed by atoms with Crippen LogP contribution in [-0.4, -0.2) is 84.9 Å². The minimum atomic E-state index is -2.47. The molecule has 1 aromatic carbocycles. The molecule has 0 spiro atoms. The number of ether oxygens (including phenoxy) is 2. The molecule has 0 aromatic heterocycles. The van der Waals surface area contributed by atoms with Gasteiger partial charge in [-0.15, -0.1) is 0 Å². The van der Waals surface area contributed by atoms with Crippen molar-refractivity contribution in [3.8, 4) is 0 Å². The molecule has 8 nitrogen and oxygen atoms in total. The van der Waals surface area contributed by atoms with Crippen LogP contribution in [0.15, 0.2) is 24.3 Å². The maximum atomic E-state index is 12.4. The van der Waals surface area contributed by atoms with Crippen LogP contribution >= 0.6 is 0 Å². The summed E-state index contributed by atoms with van der Waals surface area (Å²) in [6, 6.07) is 6.40. The van der Waals surface area contributed by atoms with Crippen LogP contribution in [0, 0.1) is 0 Å². The van der Waals surface area contributed by atoms with Crippen molar-refractivity contribution in [3.05, 3.63) is 35.4 Å². The van der Waals surface area contributed by atoms with E-state index in [2.05, 4.69) is 4.90 Å². The number of methoxy groups -OCH3 is 1. The SMILES string of the molecule is COC(=O)c1ccccc1C(=O)OCC1CN2CC[O][Ge]([O]CC2)[O]1. The van der Waals surface area contributed by atoms with Crippen molar-refractivity contribution in [2.45, 2.75) is 6.10 Å². The van der Waals surface area contributed by atoms with Crippen molar-refractivity contribution in [2.75, 3.05) is 46.6 Å². The van der Waals surface area contributed by atoms with Crippen LogP contribution in [0.3, 0.4) is 0 Å². The van der Waals surface area contributed by atoms with Gasteiger partial charge in [0, 0.05) is 0 Å². The summed E-state index contributed by atoms with van der Waals surface area (Å²) in [7, 11) is 1.27. The molecule has 1 unspecified atom stereocenters. The van der Waals surface area contributed by atoms with Gasteiger partial charge in [0.15, 0.2) is 0 Å². The summed E-state index contributed by atoms with van der Waals surface area (Å²) in [4.78, 5) is 26.3. The number of hydrogen-bond acceptors (Lipinski definition) is 8. The fourth-order valence-corrected chi connectivity index (χ4v) is 5.08. The molecule has 3 aliphatic rings. The van der Waals surface area contributed by atoms with Crippen LogP contribution < -0.4 is 0 Å². The van der Waals surface area contributed by atoms with E-state index >= 15 is 0 Å². The Hall–Kier alpha value is -1.46. The predicted molar refractivity (Wildman–Crippen MR) is 87.0 cm³/mol. The van der Waals surface area contributed by atoms with Gasteiger partial charge in [0.2, 0.25) is 0 Å². The molecular formula is C16H20GeNO7. The van der Waals surface area contributed by atoms with E-state index < -0.39 is 27.3 Å². The molecule has 0 aliphatic carbocycles. The molecule has 0 N–H and O–H groups in total. The monoisotopic (exact) mass is 412 g/mol. The molecule has 3 heterocycles. The fraction of sp³-hybridized carbons (Fsp3) is 0.500. The van der Waals surface area contributed by atoms with Crippen LogP contribution in [0.5, 0.6) is 0 Å². The van der Waals surface area contributed by atoms with Crippen molar-refractivity contribution in [1.82, 2.24) is 4.90 Å². The van der Waals surface area contributed by atoms with Crippen molar-refractivity contribution in [3.63, 3.8) is 0 Å². The van der Waals surface area contributed by atoms with E-state index in [1.54, 1.807) is 12.1 Å².